The summed E-state index contributed by atoms with van der Waals surface area (Å²) in [4.78, 5) is 0. The Balaban J connectivity index is 0.00000169. The van der Waals surface area contributed by atoms with Crippen molar-refractivity contribution in [1.29, 1.82) is 0 Å². The van der Waals surface area contributed by atoms with Gasteiger partial charge in [0.25, 0.3) is 0 Å². The van der Waals surface area contributed by atoms with Crippen molar-refractivity contribution in [3.05, 3.63) is 93.9 Å². The molecule has 26 heavy (non-hydrogen) atoms. The molecule has 0 spiro atoms. The number of rotatable bonds is 4. The van der Waals surface area contributed by atoms with Crippen LogP contribution in [-0.2, 0) is 16.9 Å². The van der Waals surface area contributed by atoms with Gasteiger partial charge in [0.15, 0.2) is 0 Å². The van der Waals surface area contributed by atoms with Gasteiger partial charge in [-0.15, -0.1) is 0 Å². The Bertz CT molecular complexity index is 746. The van der Waals surface area contributed by atoms with Crippen LogP contribution in [0.4, 0.5) is 0 Å². The van der Waals surface area contributed by atoms with Crippen molar-refractivity contribution in [3.8, 4) is 0 Å². The predicted molar refractivity (Wildman–Crippen MR) is 106 cm³/mol. The van der Waals surface area contributed by atoms with Crippen LogP contribution >= 0.6 is 6.57 Å². The zero-order valence-corrected chi connectivity index (χ0v) is 19.5. The summed E-state index contributed by atoms with van der Waals surface area (Å²) in [5.74, 6) is 0. The minimum absolute atomic E-state index is 0. The van der Waals surface area contributed by atoms with Gasteiger partial charge in [0, 0.05) is 0 Å². The number of halogens is 2. The summed E-state index contributed by atoms with van der Waals surface area (Å²) < 4.78 is 3.35. The summed E-state index contributed by atoms with van der Waals surface area (Å²) in [7, 11) is 0. The third kappa shape index (κ3) is 6.29. The minimum Gasteiger partial charge on any atom is -1.00 e. The molecule has 0 fully saturated rings. The van der Waals surface area contributed by atoms with Crippen molar-refractivity contribution in [1.82, 2.24) is 0 Å². The Labute approximate surface area is 177 Å². The van der Waals surface area contributed by atoms with Crippen LogP contribution in [0.5, 0.6) is 0 Å². The SMILES string of the molecule is CC(C)(C)[PH][Ti+2]([C]1=CC=CC1)=[C](c1ccccc1)c1ccccc1.[Cl-].[Cl-]. The molecule has 0 N–H and O–H groups in total. The van der Waals surface area contributed by atoms with Gasteiger partial charge in [-0.3, -0.25) is 0 Å². The minimum atomic E-state index is -1.58. The molecule has 0 aliphatic heterocycles. The van der Waals surface area contributed by atoms with E-state index in [1.54, 1.807) is 7.69 Å². The first-order valence-electron chi connectivity index (χ1n) is 8.54. The standard InChI is InChI=1S/C13H10.C5H5.C4H10P.2ClH.Ti/c1-3-7-12(8-4-1)11-13-9-5-2-6-10-13;1-2-4-5-3-1;1-4(2,3)5;;;/h1-10H;1-3H,4H2;5H,1-3H3;2*1H;/q;;-1;;;+3/p-2. The van der Waals surface area contributed by atoms with Crippen LogP contribution in [0.2, 0.25) is 0 Å². The molecule has 2 aromatic rings. The maximum atomic E-state index is 2.40. The van der Waals surface area contributed by atoms with E-state index >= 15 is 0 Å². The third-order valence-electron chi connectivity index (χ3n) is 3.97. The second-order valence-electron chi connectivity index (χ2n) is 7.18. The average Bonchev–Trinajstić information content (AvgIpc) is 3.09. The van der Waals surface area contributed by atoms with Gasteiger partial charge in [-0.05, 0) is 0 Å². The molecular formula is C22H25Cl2PTi. The van der Waals surface area contributed by atoms with Gasteiger partial charge in [-0.25, -0.2) is 0 Å². The average molecular weight is 439 g/mol. The van der Waals surface area contributed by atoms with Gasteiger partial charge >= 0.3 is 154 Å². The van der Waals surface area contributed by atoms with Gasteiger partial charge in [0.1, 0.15) is 0 Å². The second kappa shape index (κ2) is 10.7. The van der Waals surface area contributed by atoms with Crippen LogP contribution in [0.25, 0.3) is 0 Å². The Hall–Kier alpha value is -0.486. The molecule has 2 aromatic carbocycles. The zero-order valence-electron chi connectivity index (χ0n) is 15.5. The van der Waals surface area contributed by atoms with E-state index in [0.717, 1.165) is 13.0 Å². The number of hydrogen-bond donors (Lipinski definition) is 0. The van der Waals surface area contributed by atoms with E-state index in [0.29, 0.717) is 5.16 Å². The van der Waals surface area contributed by atoms with E-state index in [1.807, 2.05) is 0 Å². The molecule has 136 valence electrons. The fourth-order valence-corrected chi connectivity index (χ4v) is 13.7. The normalized spacial score (nSPS) is 12.8. The predicted octanol–water partition coefficient (Wildman–Crippen LogP) is 0.117. The molecule has 3 rings (SSSR count). The molecule has 0 saturated heterocycles. The van der Waals surface area contributed by atoms with E-state index in [1.165, 1.54) is 11.1 Å². The topological polar surface area (TPSA) is 0 Å². The Kier molecular flexibility index (Phi) is 9.74. The molecule has 1 aliphatic rings. The number of benzene rings is 2. The van der Waals surface area contributed by atoms with E-state index in [-0.39, 0.29) is 24.8 Å². The van der Waals surface area contributed by atoms with Crippen LogP contribution in [0.1, 0.15) is 38.3 Å². The fraction of sp³-hybridized carbons (Fsp3) is 0.227. The van der Waals surface area contributed by atoms with Crippen molar-refractivity contribution >= 4 is 10.4 Å². The largest absolute Gasteiger partial charge is 1.00 e. The molecule has 0 aromatic heterocycles. The van der Waals surface area contributed by atoms with Crippen LogP contribution in [0, 0.1) is 0 Å². The number of allylic oxidation sites excluding steroid dienone is 4. The molecule has 0 amide bonds. The van der Waals surface area contributed by atoms with Gasteiger partial charge < -0.3 is 24.8 Å². The van der Waals surface area contributed by atoms with Crippen LogP contribution in [-0.4, -0.2) is 8.97 Å². The van der Waals surface area contributed by atoms with Crippen LogP contribution < -0.4 is 24.8 Å². The molecule has 0 saturated carbocycles. The van der Waals surface area contributed by atoms with Crippen molar-refractivity contribution in [2.24, 2.45) is 0 Å². The first kappa shape index (κ1) is 23.6. The molecule has 0 radical (unpaired) electrons. The zero-order chi connectivity index (χ0) is 17.0. The summed E-state index contributed by atoms with van der Waals surface area (Å²) in [6.07, 6.45) is 8.13. The van der Waals surface area contributed by atoms with E-state index in [9.17, 15) is 0 Å². The Morgan fingerprint density at radius 1 is 0.846 bits per heavy atom. The van der Waals surface area contributed by atoms with E-state index in [4.69, 9.17) is 0 Å². The first-order chi connectivity index (χ1) is 11.5. The third-order valence-corrected chi connectivity index (χ3v) is 15.3. The monoisotopic (exact) mass is 438 g/mol. The maximum absolute atomic E-state index is 2.40. The Morgan fingerprint density at radius 3 is 1.73 bits per heavy atom. The fourth-order valence-electron chi connectivity index (χ4n) is 2.98. The van der Waals surface area contributed by atoms with Crippen molar-refractivity contribution in [3.63, 3.8) is 0 Å². The second-order valence-corrected chi connectivity index (χ2v) is 15.1. The maximum Gasteiger partial charge on any atom is -1.00 e. The molecule has 1 atom stereocenters. The van der Waals surface area contributed by atoms with Gasteiger partial charge in [-0.2, -0.15) is 0 Å². The van der Waals surface area contributed by atoms with Crippen molar-refractivity contribution < 1.29 is 41.7 Å². The quantitative estimate of drug-likeness (QED) is 0.469. The molecule has 4 heteroatoms. The van der Waals surface area contributed by atoms with Crippen LogP contribution in [0.3, 0.4) is 0 Å². The van der Waals surface area contributed by atoms with Gasteiger partial charge in [-0.1, -0.05) is 0 Å². The molecule has 0 nitrogen and oxygen atoms in total. The van der Waals surface area contributed by atoms with Crippen molar-refractivity contribution in [2.75, 3.05) is 0 Å². The van der Waals surface area contributed by atoms with Gasteiger partial charge in [0.2, 0.25) is 0 Å². The molecule has 1 unspecified atom stereocenters. The summed E-state index contributed by atoms with van der Waals surface area (Å²) in [6.45, 7) is 8.21. The first-order valence-corrected chi connectivity index (χ1v) is 13.4. The molecular weight excluding hydrogens is 414 g/mol. The molecule has 0 bridgehead atoms. The summed E-state index contributed by atoms with van der Waals surface area (Å²) in [6, 6.07) is 22.1. The van der Waals surface area contributed by atoms with Crippen LogP contribution in [0.15, 0.2) is 82.8 Å². The smallest absolute Gasteiger partial charge is 1.00 e. The molecule has 0 heterocycles. The Morgan fingerprint density at radius 2 is 1.35 bits per heavy atom. The summed E-state index contributed by atoms with van der Waals surface area (Å²) in [5.41, 5.74) is 2.84. The van der Waals surface area contributed by atoms with E-state index in [2.05, 4.69) is 99.7 Å². The van der Waals surface area contributed by atoms with Gasteiger partial charge in [0.05, 0.1) is 0 Å². The molecule has 1 aliphatic carbocycles. The number of hydrogen-bond acceptors (Lipinski definition) is 0. The van der Waals surface area contributed by atoms with Crippen molar-refractivity contribution in [2.45, 2.75) is 32.3 Å². The summed E-state index contributed by atoms with van der Waals surface area (Å²) >= 11 is -1.58. The summed E-state index contributed by atoms with van der Waals surface area (Å²) in [5, 5.41) is 0.383. The van der Waals surface area contributed by atoms with E-state index < -0.39 is 16.9 Å².